The number of carbonyl (C=O) groups excluding carboxylic acids is 2. The van der Waals surface area contributed by atoms with Crippen LogP contribution in [0, 0.1) is 11.8 Å². The summed E-state index contributed by atoms with van der Waals surface area (Å²) in [6.45, 7) is 4.48. The van der Waals surface area contributed by atoms with Crippen LogP contribution < -0.4 is 20.7 Å². The van der Waals surface area contributed by atoms with E-state index in [2.05, 4.69) is 22.9 Å². The van der Waals surface area contributed by atoms with Crippen LogP contribution >= 0.6 is 11.6 Å². The van der Waals surface area contributed by atoms with Crippen LogP contribution in [0.25, 0.3) is 0 Å². The Hall–Kier alpha value is -1.79. The molecule has 0 bridgehead atoms. The second-order valence-electron chi connectivity index (χ2n) is 6.78. The number of amides is 2. The van der Waals surface area contributed by atoms with Gasteiger partial charge in [-0.15, -0.1) is 0 Å². The first-order valence-corrected chi connectivity index (χ1v) is 9.48. The highest BCUT2D eigenvalue weighted by Gasteiger charge is 2.21. The largest absolute Gasteiger partial charge is 0.495 e. The van der Waals surface area contributed by atoms with Gasteiger partial charge < -0.3 is 20.7 Å². The zero-order valence-corrected chi connectivity index (χ0v) is 16.2. The van der Waals surface area contributed by atoms with E-state index in [-0.39, 0.29) is 18.2 Å². The third kappa shape index (κ3) is 6.50. The third-order valence-corrected chi connectivity index (χ3v) is 4.99. The van der Waals surface area contributed by atoms with E-state index in [1.54, 1.807) is 18.2 Å². The number of nitrogens with one attached hydrogen (secondary N) is 3. The van der Waals surface area contributed by atoms with Gasteiger partial charge in [0.05, 0.1) is 12.8 Å². The van der Waals surface area contributed by atoms with Crippen molar-refractivity contribution in [1.82, 2.24) is 10.6 Å². The van der Waals surface area contributed by atoms with Crippen molar-refractivity contribution < 1.29 is 14.3 Å². The number of piperidine rings is 1. The van der Waals surface area contributed by atoms with Gasteiger partial charge in [0.2, 0.25) is 11.8 Å². The molecule has 1 saturated heterocycles. The van der Waals surface area contributed by atoms with E-state index in [9.17, 15) is 9.59 Å². The maximum absolute atomic E-state index is 12.1. The Balaban J connectivity index is 1.70. The molecule has 6 nitrogen and oxygen atoms in total. The third-order valence-electron chi connectivity index (χ3n) is 4.76. The van der Waals surface area contributed by atoms with Crippen LogP contribution in [0.1, 0.15) is 32.6 Å². The number of hydrogen-bond acceptors (Lipinski definition) is 4. The smallest absolute Gasteiger partial charge is 0.226 e. The standard InChI is InChI=1S/C19H28ClN3O3/c1-13(14-4-3-8-21-12-14)10-19(25)22-9-7-18(24)23-16-11-15(20)5-6-17(16)26-2/h5-6,11,13-14,21H,3-4,7-10,12H2,1-2H3,(H,22,25)(H,23,24). The molecule has 0 radical (unpaired) electrons. The van der Waals surface area contributed by atoms with Gasteiger partial charge in [0.1, 0.15) is 5.75 Å². The summed E-state index contributed by atoms with van der Waals surface area (Å²) in [6.07, 6.45) is 3.03. The molecule has 144 valence electrons. The summed E-state index contributed by atoms with van der Waals surface area (Å²) in [6, 6.07) is 5.03. The van der Waals surface area contributed by atoms with E-state index in [1.807, 2.05) is 0 Å². The second kappa shape index (κ2) is 10.4. The summed E-state index contributed by atoms with van der Waals surface area (Å²) >= 11 is 5.95. The number of halogens is 1. The summed E-state index contributed by atoms with van der Waals surface area (Å²) in [4.78, 5) is 24.2. The van der Waals surface area contributed by atoms with Crippen LogP contribution in [0.3, 0.4) is 0 Å². The maximum Gasteiger partial charge on any atom is 0.226 e. The molecule has 2 amide bonds. The number of ether oxygens (including phenoxy) is 1. The van der Waals surface area contributed by atoms with Crippen LogP contribution in [0.4, 0.5) is 5.69 Å². The average Bonchev–Trinajstić information content (AvgIpc) is 2.62. The van der Waals surface area contributed by atoms with Crippen molar-refractivity contribution in [2.24, 2.45) is 11.8 Å². The van der Waals surface area contributed by atoms with E-state index in [1.165, 1.54) is 20.0 Å². The van der Waals surface area contributed by atoms with Crippen molar-refractivity contribution >= 4 is 29.1 Å². The molecule has 0 saturated carbocycles. The van der Waals surface area contributed by atoms with E-state index >= 15 is 0 Å². The quantitative estimate of drug-likeness (QED) is 0.647. The number of hydrogen-bond donors (Lipinski definition) is 3. The molecule has 1 heterocycles. The van der Waals surface area contributed by atoms with E-state index in [4.69, 9.17) is 16.3 Å². The molecule has 1 aliphatic rings. The Bertz CT molecular complexity index is 618. The fraction of sp³-hybridized carbons (Fsp3) is 0.579. The van der Waals surface area contributed by atoms with Gasteiger partial charge in [-0.3, -0.25) is 9.59 Å². The van der Waals surface area contributed by atoms with Gasteiger partial charge >= 0.3 is 0 Å². The molecular formula is C19H28ClN3O3. The number of benzene rings is 1. The van der Waals surface area contributed by atoms with Crippen LogP contribution in [0.15, 0.2) is 18.2 Å². The molecule has 7 heteroatoms. The molecule has 0 spiro atoms. The zero-order chi connectivity index (χ0) is 18.9. The molecule has 26 heavy (non-hydrogen) atoms. The van der Waals surface area contributed by atoms with Gasteiger partial charge in [-0.2, -0.15) is 0 Å². The fourth-order valence-corrected chi connectivity index (χ4v) is 3.37. The zero-order valence-electron chi connectivity index (χ0n) is 15.4. The predicted molar refractivity (Wildman–Crippen MR) is 104 cm³/mol. The summed E-state index contributed by atoms with van der Waals surface area (Å²) in [7, 11) is 1.53. The van der Waals surface area contributed by atoms with Crippen molar-refractivity contribution in [2.45, 2.75) is 32.6 Å². The monoisotopic (exact) mass is 381 g/mol. The summed E-state index contributed by atoms with van der Waals surface area (Å²) in [5, 5.41) is 9.49. The lowest BCUT2D eigenvalue weighted by molar-refractivity contribution is -0.122. The summed E-state index contributed by atoms with van der Waals surface area (Å²) in [5.74, 6) is 1.23. The Labute approximate surface area is 160 Å². The van der Waals surface area contributed by atoms with Gasteiger partial charge in [0.15, 0.2) is 0 Å². The van der Waals surface area contributed by atoms with Crippen LogP contribution in [-0.4, -0.2) is 38.6 Å². The minimum Gasteiger partial charge on any atom is -0.495 e. The first-order chi connectivity index (χ1) is 12.5. The minimum atomic E-state index is -0.199. The lowest BCUT2D eigenvalue weighted by Crippen LogP contribution is -2.36. The Morgan fingerprint density at radius 1 is 1.38 bits per heavy atom. The number of methoxy groups -OCH3 is 1. The van der Waals surface area contributed by atoms with Gasteiger partial charge in [-0.05, 0) is 56.0 Å². The fourth-order valence-electron chi connectivity index (χ4n) is 3.20. The van der Waals surface area contributed by atoms with Gasteiger partial charge in [-0.1, -0.05) is 18.5 Å². The molecule has 2 atom stereocenters. The SMILES string of the molecule is COc1ccc(Cl)cc1NC(=O)CCNC(=O)CC(C)C1CCCNC1. The molecule has 0 aromatic heterocycles. The first kappa shape index (κ1) is 20.5. The Morgan fingerprint density at radius 3 is 2.88 bits per heavy atom. The predicted octanol–water partition coefficient (Wildman–Crippen LogP) is 2.82. The molecular weight excluding hydrogens is 354 g/mol. The molecule has 1 aromatic carbocycles. The van der Waals surface area contributed by atoms with E-state index in [0.717, 1.165) is 13.1 Å². The average molecular weight is 382 g/mol. The van der Waals surface area contributed by atoms with E-state index in [0.29, 0.717) is 41.3 Å². The van der Waals surface area contributed by atoms with Crippen LogP contribution in [0.5, 0.6) is 5.75 Å². The lowest BCUT2D eigenvalue weighted by Gasteiger charge is -2.28. The van der Waals surface area contributed by atoms with Crippen molar-refractivity contribution in [3.8, 4) is 5.75 Å². The van der Waals surface area contributed by atoms with Crippen molar-refractivity contribution in [3.63, 3.8) is 0 Å². The highest BCUT2D eigenvalue weighted by molar-refractivity contribution is 6.31. The van der Waals surface area contributed by atoms with Gasteiger partial charge in [0.25, 0.3) is 0 Å². The van der Waals surface area contributed by atoms with Gasteiger partial charge in [-0.25, -0.2) is 0 Å². The molecule has 1 aliphatic heterocycles. The van der Waals surface area contributed by atoms with Gasteiger partial charge in [0, 0.05) is 24.4 Å². The molecule has 1 fully saturated rings. The Kier molecular flexibility index (Phi) is 8.19. The van der Waals surface area contributed by atoms with Crippen molar-refractivity contribution in [3.05, 3.63) is 23.2 Å². The molecule has 1 aromatic rings. The minimum absolute atomic E-state index is 0.00351. The maximum atomic E-state index is 12.1. The Morgan fingerprint density at radius 2 is 2.19 bits per heavy atom. The number of rotatable bonds is 8. The van der Waals surface area contributed by atoms with E-state index < -0.39 is 0 Å². The first-order valence-electron chi connectivity index (χ1n) is 9.10. The van der Waals surface area contributed by atoms with Crippen molar-refractivity contribution in [2.75, 3.05) is 32.1 Å². The van der Waals surface area contributed by atoms with Crippen LogP contribution in [-0.2, 0) is 9.59 Å². The number of carbonyl (C=O) groups is 2. The topological polar surface area (TPSA) is 79.5 Å². The number of anilines is 1. The highest BCUT2D eigenvalue weighted by atomic mass is 35.5. The highest BCUT2D eigenvalue weighted by Crippen LogP contribution is 2.27. The molecule has 3 N–H and O–H groups in total. The molecule has 0 aliphatic carbocycles. The normalized spacial score (nSPS) is 18.0. The second-order valence-corrected chi connectivity index (χ2v) is 7.22. The van der Waals surface area contributed by atoms with Crippen LogP contribution in [0.2, 0.25) is 5.02 Å². The summed E-state index contributed by atoms with van der Waals surface area (Å²) < 4.78 is 5.20. The molecule has 2 rings (SSSR count). The molecule has 2 unspecified atom stereocenters. The van der Waals surface area contributed by atoms with Crippen molar-refractivity contribution in [1.29, 1.82) is 0 Å². The summed E-state index contributed by atoms with van der Waals surface area (Å²) in [5.41, 5.74) is 0.523. The lowest BCUT2D eigenvalue weighted by atomic mass is 9.85.